The number of carbonyl (C=O) groups is 4. The number of aromatic nitrogens is 4. The number of benzene rings is 2. The van der Waals surface area contributed by atoms with E-state index in [1.165, 1.54) is 14.2 Å². The predicted molar refractivity (Wildman–Crippen MR) is 217 cm³/mol. The third-order valence-electron chi connectivity index (χ3n) is 12.7. The molecule has 3 fully saturated rings. The summed E-state index contributed by atoms with van der Waals surface area (Å²) in [5, 5.41) is 2.75. The van der Waals surface area contributed by atoms with Crippen molar-refractivity contribution < 1.29 is 38.1 Å². The van der Waals surface area contributed by atoms with Crippen LogP contribution in [0.25, 0.3) is 33.6 Å². The minimum Gasteiger partial charge on any atom is -0.469 e. The van der Waals surface area contributed by atoms with Crippen molar-refractivity contribution in [1.82, 2.24) is 35.1 Å². The standard InChI is InChI=1S/C44H53N7O8/c1-24(2)31(18-35(52)56-5)40(53)50-17-7-8-34(50)39-45-20-32(47-39)28-11-9-27(10-12-28)29-13-14-30(38-37(29)58-23-59-38)33-21-46-42(48-33)44-16-15-26(19-44)22-51(44)41(54)36(25(3)4)49-43(55)57-6/h9-14,20-21,24-26,31,34,36H,7-8,15-19,22-23H2,1-6H3,(H,45,47)(H,46,48)(H,49,55)/t26?,31-,34?,36-,44?/m0/s1. The number of methoxy groups -OCH3 is 2. The topological polar surface area (TPSA) is 181 Å². The number of alkyl carbamates (subject to hydrolysis) is 1. The lowest BCUT2D eigenvalue weighted by Gasteiger charge is -2.40. The summed E-state index contributed by atoms with van der Waals surface area (Å²) in [5.74, 6) is 1.91. The molecule has 3 amide bonds. The molecule has 5 heterocycles. The summed E-state index contributed by atoms with van der Waals surface area (Å²) >= 11 is 0. The molecule has 15 heteroatoms. The van der Waals surface area contributed by atoms with Crippen LogP contribution in [0.4, 0.5) is 4.79 Å². The fourth-order valence-corrected chi connectivity index (χ4v) is 9.48. The molecule has 2 saturated heterocycles. The molecular formula is C44H53N7O8. The Bertz CT molecular complexity index is 2230. The van der Waals surface area contributed by atoms with E-state index in [2.05, 4.69) is 15.3 Å². The Morgan fingerprint density at radius 3 is 2.27 bits per heavy atom. The molecule has 4 aromatic rings. The molecule has 4 aliphatic rings. The van der Waals surface area contributed by atoms with E-state index in [0.29, 0.717) is 30.5 Å². The van der Waals surface area contributed by atoms with Crippen molar-refractivity contribution in [2.45, 2.75) is 83.8 Å². The molecule has 3 N–H and O–H groups in total. The zero-order valence-corrected chi connectivity index (χ0v) is 34.5. The molecule has 1 aliphatic carbocycles. The highest BCUT2D eigenvalue weighted by Crippen LogP contribution is 2.53. The van der Waals surface area contributed by atoms with E-state index in [1.807, 2.05) is 73.9 Å². The number of aromatic amines is 2. The molecule has 0 spiro atoms. The summed E-state index contributed by atoms with van der Waals surface area (Å²) in [6.45, 7) is 9.05. The number of amides is 3. The summed E-state index contributed by atoms with van der Waals surface area (Å²) < 4.78 is 21.9. The summed E-state index contributed by atoms with van der Waals surface area (Å²) in [6.07, 6.45) is 7.25. The van der Waals surface area contributed by atoms with Crippen LogP contribution >= 0.6 is 0 Å². The van der Waals surface area contributed by atoms with Crippen molar-refractivity contribution in [3.63, 3.8) is 0 Å². The number of hydrogen-bond donors (Lipinski definition) is 3. The summed E-state index contributed by atoms with van der Waals surface area (Å²) in [6, 6.07) is 11.2. The number of imidazole rings is 2. The maximum Gasteiger partial charge on any atom is 0.407 e. The number of nitrogens with one attached hydrogen (secondary N) is 3. The molecule has 8 rings (SSSR count). The van der Waals surface area contributed by atoms with Gasteiger partial charge in [-0.15, -0.1) is 0 Å². The average Bonchev–Trinajstić information content (AvgIpc) is 4.10. The quantitative estimate of drug-likeness (QED) is 0.132. The Hall–Kier alpha value is -5.86. The molecule has 59 heavy (non-hydrogen) atoms. The molecular weight excluding hydrogens is 755 g/mol. The van der Waals surface area contributed by atoms with Crippen LogP contribution < -0.4 is 14.8 Å². The molecule has 0 radical (unpaired) electrons. The van der Waals surface area contributed by atoms with Crippen LogP contribution in [-0.4, -0.2) is 93.8 Å². The maximum absolute atomic E-state index is 14.0. The number of nitrogens with zero attached hydrogens (tertiary/aromatic N) is 4. The largest absolute Gasteiger partial charge is 0.469 e. The van der Waals surface area contributed by atoms with Crippen LogP contribution in [0.3, 0.4) is 0 Å². The van der Waals surface area contributed by atoms with Crippen LogP contribution in [0.5, 0.6) is 11.5 Å². The van der Waals surface area contributed by atoms with Gasteiger partial charge in [0.2, 0.25) is 18.6 Å². The second-order valence-corrected chi connectivity index (χ2v) is 16.9. The molecule has 312 valence electrons. The fraction of sp³-hybridized carbons (Fsp3) is 0.500. The van der Waals surface area contributed by atoms with E-state index in [-0.39, 0.29) is 48.9 Å². The fourth-order valence-electron chi connectivity index (χ4n) is 9.48. The zero-order valence-electron chi connectivity index (χ0n) is 34.5. The van der Waals surface area contributed by atoms with Crippen molar-refractivity contribution in [1.29, 1.82) is 0 Å². The number of esters is 1. The molecule has 3 aliphatic heterocycles. The van der Waals surface area contributed by atoms with Crippen LogP contribution in [0.1, 0.15) is 83.9 Å². The number of H-pyrrole nitrogens is 2. The lowest BCUT2D eigenvalue weighted by Crippen LogP contribution is -2.56. The van der Waals surface area contributed by atoms with Crippen molar-refractivity contribution in [3.05, 3.63) is 60.4 Å². The van der Waals surface area contributed by atoms with Crippen LogP contribution in [0.2, 0.25) is 0 Å². The summed E-state index contributed by atoms with van der Waals surface area (Å²) in [5.41, 5.74) is 4.58. The number of carbonyl (C=O) groups excluding carboxylic acids is 4. The van der Waals surface area contributed by atoms with Gasteiger partial charge >= 0.3 is 12.1 Å². The number of ether oxygens (including phenoxy) is 4. The predicted octanol–water partition coefficient (Wildman–Crippen LogP) is 6.58. The zero-order chi connectivity index (χ0) is 41.6. The third-order valence-corrected chi connectivity index (χ3v) is 12.7. The second kappa shape index (κ2) is 16.1. The molecule has 1 saturated carbocycles. The van der Waals surface area contributed by atoms with Gasteiger partial charge in [0.25, 0.3) is 0 Å². The Morgan fingerprint density at radius 1 is 0.864 bits per heavy atom. The summed E-state index contributed by atoms with van der Waals surface area (Å²) in [7, 11) is 2.64. The first-order valence-corrected chi connectivity index (χ1v) is 20.6. The smallest absolute Gasteiger partial charge is 0.407 e. The highest BCUT2D eigenvalue weighted by molar-refractivity contribution is 5.88. The van der Waals surface area contributed by atoms with E-state index in [9.17, 15) is 19.2 Å². The van der Waals surface area contributed by atoms with Gasteiger partial charge in [-0.05, 0) is 73.1 Å². The van der Waals surface area contributed by atoms with Gasteiger partial charge < -0.3 is 44.0 Å². The van der Waals surface area contributed by atoms with Crippen LogP contribution in [0.15, 0.2) is 48.8 Å². The molecule has 3 unspecified atom stereocenters. The van der Waals surface area contributed by atoms with Crippen molar-refractivity contribution in [3.8, 4) is 45.1 Å². The Labute approximate surface area is 343 Å². The van der Waals surface area contributed by atoms with Gasteiger partial charge in [-0.25, -0.2) is 14.8 Å². The number of hydrogen-bond acceptors (Lipinski definition) is 10. The van der Waals surface area contributed by atoms with E-state index < -0.39 is 23.6 Å². The van der Waals surface area contributed by atoms with Crippen molar-refractivity contribution in [2.75, 3.05) is 34.1 Å². The highest BCUT2D eigenvalue weighted by atomic mass is 16.7. The first-order chi connectivity index (χ1) is 28.4. The van der Waals surface area contributed by atoms with Crippen LogP contribution in [0, 0.1) is 23.7 Å². The maximum atomic E-state index is 14.0. The van der Waals surface area contributed by atoms with Gasteiger partial charge in [-0.3, -0.25) is 14.4 Å². The molecule has 2 aromatic heterocycles. The van der Waals surface area contributed by atoms with E-state index in [1.54, 1.807) is 12.4 Å². The molecule has 2 bridgehead atoms. The Kier molecular flexibility index (Phi) is 10.9. The number of piperidine rings is 1. The van der Waals surface area contributed by atoms with Gasteiger partial charge in [0, 0.05) is 24.2 Å². The van der Waals surface area contributed by atoms with E-state index in [0.717, 1.165) is 77.4 Å². The van der Waals surface area contributed by atoms with Gasteiger partial charge in [-0.1, -0.05) is 52.0 Å². The second-order valence-electron chi connectivity index (χ2n) is 16.9. The number of likely N-dealkylation sites (tertiary alicyclic amines) is 2. The monoisotopic (exact) mass is 807 g/mol. The third kappa shape index (κ3) is 7.28. The van der Waals surface area contributed by atoms with E-state index in [4.69, 9.17) is 28.9 Å². The average molecular weight is 808 g/mol. The van der Waals surface area contributed by atoms with Crippen molar-refractivity contribution >= 4 is 23.9 Å². The molecule has 5 atom stereocenters. The van der Waals surface area contributed by atoms with Crippen LogP contribution in [-0.2, 0) is 29.4 Å². The lowest BCUT2D eigenvalue weighted by atomic mass is 9.91. The minimum atomic E-state index is -0.718. The van der Waals surface area contributed by atoms with Gasteiger partial charge in [-0.2, -0.15) is 0 Å². The van der Waals surface area contributed by atoms with E-state index >= 15 is 0 Å². The minimum absolute atomic E-state index is 0.00875. The number of rotatable bonds is 12. The normalized spacial score (nSPS) is 21.6. The van der Waals surface area contributed by atoms with Gasteiger partial charge in [0.05, 0.1) is 56.4 Å². The lowest BCUT2D eigenvalue weighted by molar-refractivity contribution is -0.148. The first-order valence-electron chi connectivity index (χ1n) is 20.6. The van der Waals surface area contributed by atoms with Gasteiger partial charge in [0.15, 0.2) is 11.5 Å². The highest BCUT2D eigenvalue weighted by Gasteiger charge is 2.56. The number of fused-ring (bicyclic) bond motifs is 3. The van der Waals surface area contributed by atoms with Crippen molar-refractivity contribution in [2.24, 2.45) is 23.7 Å². The van der Waals surface area contributed by atoms with Gasteiger partial charge in [0.1, 0.15) is 23.2 Å². The Balaban J connectivity index is 1.00. The summed E-state index contributed by atoms with van der Waals surface area (Å²) in [4.78, 5) is 72.3. The molecule has 2 aromatic carbocycles. The SMILES string of the molecule is COC(=O)C[C@H](C(=O)N1CCCC1c1ncc(-c2ccc(-c3ccc(-c4cnc(C56CCC(CN5C(=O)[C@@H](NC(=O)OC)C(C)C)C6)[nH]4)c4c3OCO4)cc2)[nH]1)C(C)C. The first kappa shape index (κ1) is 39.9. The Morgan fingerprint density at radius 2 is 1.58 bits per heavy atom. The molecule has 15 nitrogen and oxygen atoms in total.